The topological polar surface area (TPSA) is 80.6 Å². The lowest BCUT2D eigenvalue weighted by Crippen LogP contribution is -2.46. The van der Waals surface area contributed by atoms with Gasteiger partial charge in [0.1, 0.15) is 0 Å². The number of amides is 1. The van der Waals surface area contributed by atoms with Crippen LogP contribution in [0.4, 0.5) is 0 Å². The molecule has 1 amide bonds. The van der Waals surface area contributed by atoms with Crippen LogP contribution in [-0.4, -0.2) is 41.3 Å². The Bertz CT molecular complexity index is 598. The second-order valence-corrected chi connectivity index (χ2v) is 6.63. The number of nitrogens with zero attached hydrogens (tertiary/aromatic N) is 1. The molecule has 1 aliphatic heterocycles. The van der Waals surface area contributed by atoms with Gasteiger partial charge >= 0.3 is 5.97 Å². The molecular weight excluding hydrogens is 296 g/mol. The Balaban J connectivity index is 2.13. The van der Waals surface area contributed by atoms with Gasteiger partial charge in [0.2, 0.25) is 0 Å². The van der Waals surface area contributed by atoms with Crippen LogP contribution >= 0.6 is 0 Å². The summed E-state index contributed by atoms with van der Waals surface area (Å²) >= 11 is 0. The fourth-order valence-electron chi connectivity index (χ4n) is 3.37. The van der Waals surface area contributed by atoms with E-state index in [0.717, 1.165) is 11.4 Å². The zero-order valence-electron chi connectivity index (χ0n) is 14.3. The van der Waals surface area contributed by atoms with Crippen molar-refractivity contribution in [2.45, 2.75) is 46.6 Å². The Kier molecular flexibility index (Phi) is 5.14. The second-order valence-electron chi connectivity index (χ2n) is 6.63. The number of hydrogen-bond donors (Lipinski definition) is 2. The maximum atomic E-state index is 12.5. The van der Waals surface area contributed by atoms with E-state index >= 15 is 0 Å². The standard InChI is InChI=1S/C17H26N2O4/c1-11(2)19-12(3)9-14(13(19)4)15(20)18-10-17(16(21)22)5-7-23-8-6-17/h9,11H,5-8,10H2,1-4H3,(H,18,20)(H,21,22). The van der Waals surface area contributed by atoms with E-state index in [9.17, 15) is 14.7 Å². The van der Waals surface area contributed by atoms with Crippen molar-refractivity contribution in [3.8, 4) is 0 Å². The molecule has 0 aliphatic carbocycles. The monoisotopic (exact) mass is 322 g/mol. The van der Waals surface area contributed by atoms with E-state index in [-0.39, 0.29) is 18.5 Å². The lowest BCUT2D eigenvalue weighted by Gasteiger charge is -2.33. The van der Waals surface area contributed by atoms with Crippen LogP contribution in [0.5, 0.6) is 0 Å². The predicted octanol–water partition coefficient (Wildman–Crippen LogP) is 2.30. The van der Waals surface area contributed by atoms with Crippen molar-refractivity contribution in [1.82, 2.24) is 9.88 Å². The first kappa shape index (κ1) is 17.5. The number of aryl methyl sites for hydroxylation is 1. The molecule has 2 rings (SSSR count). The van der Waals surface area contributed by atoms with Crippen molar-refractivity contribution < 1.29 is 19.4 Å². The molecule has 2 N–H and O–H groups in total. The van der Waals surface area contributed by atoms with Crippen LogP contribution < -0.4 is 5.32 Å². The van der Waals surface area contributed by atoms with Gasteiger partial charge in [-0.15, -0.1) is 0 Å². The quantitative estimate of drug-likeness (QED) is 0.871. The van der Waals surface area contributed by atoms with Gasteiger partial charge in [-0.25, -0.2) is 0 Å². The molecule has 1 saturated heterocycles. The summed E-state index contributed by atoms with van der Waals surface area (Å²) < 4.78 is 7.36. The molecule has 128 valence electrons. The Morgan fingerprint density at radius 3 is 2.43 bits per heavy atom. The first-order chi connectivity index (χ1) is 10.8. The largest absolute Gasteiger partial charge is 0.481 e. The molecular formula is C17H26N2O4. The Morgan fingerprint density at radius 2 is 1.96 bits per heavy atom. The van der Waals surface area contributed by atoms with Crippen LogP contribution in [0.25, 0.3) is 0 Å². The lowest BCUT2D eigenvalue weighted by molar-refractivity contribution is -0.154. The molecule has 0 saturated carbocycles. The Hall–Kier alpha value is -1.82. The average Bonchev–Trinajstić information content (AvgIpc) is 2.80. The first-order valence-corrected chi connectivity index (χ1v) is 8.06. The van der Waals surface area contributed by atoms with Gasteiger partial charge in [-0.2, -0.15) is 0 Å². The fraction of sp³-hybridized carbons (Fsp3) is 0.647. The summed E-state index contributed by atoms with van der Waals surface area (Å²) in [7, 11) is 0. The Morgan fingerprint density at radius 1 is 1.35 bits per heavy atom. The average molecular weight is 322 g/mol. The second kappa shape index (κ2) is 6.74. The van der Waals surface area contributed by atoms with Crippen molar-refractivity contribution in [3.63, 3.8) is 0 Å². The molecule has 0 radical (unpaired) electrons. The third kappa shape index (κ3) is 3.42. The maximum Gasteiger partial charge on any atom is 0.311 e. The molecule has 23 heavy (non-hydrogen) atoms. The number of carbonyl (C=O) groups is 2. The van der Waals surface area contributed by atoms with Gasteiger partial charge in [0.15, 0.2) is 0 Å². The Labute approximate surface area is 136 Å². The minimum atomic E-state index is -0.919. The summed E-state index contributed by atoms with van der Waals surface area (Å²) in [5.41, 5.74) is 1.63. The van der Waals surface area contributed by atoms with Crippen LogP contribution in [0.15, 0.2) is 6.07 Å². The zero-order chi connectivity index (χ0) is 17.2. The molecule has 1 aromatic rings. The molecule has 6 nitrogen and oxygen atoms in total. The van der Waals surface area contributed by atoms with Gasteiger partial charge in [0, 0.05) is 37.2 Å². The van der Waals surface area contributed by atoms with E-state index in [1.54, 1.807) is 0 Å². The van der Waals surface area contributed by atoms with Gasteiger partial charge in [-0.3, -0.25) is 9.59 Å². The van der Waals surface area contributed by atoms with Gasteiger partial charge in [-0.1, -0.05) is 0 Å². The van der Waals surface area contributed by atoms with Crippen LogP contribution in [0.3, 0.4) is 0 Å². The maximum absolute atomic E-state index is 12.5. The van der Waals surface area contributed by atoms with Crippen molar-refractivity contribution in [2.24, 2.45) is 5.41 Å². The summed E-state index contributed by atoms with van der Waals surface area (Å²) in [6.45, 7) is 9.01. The summed E-state index contributed by atoms with van der Waals surface area (Å²) in [6.07, 6.45) is 0.848. The summed E-state index contributed by atoms with van der Waals surface area (Å²) in [5.74, 6) is -1.08. The summed E-state index contributed by atoms with van der Waals surface area (Å²) in [5, 5.41) is 12.4. The zero-order valence-corrected chi connectivity index (χ0v) is 14.3. The highest BCUT2D eigenvalue weighted by molar-refractivity contribution is 5.96. The van der Waals surface area contributed by atoms with E-state index < -0.39 is 11.4 Å². The predicted molar refractivity (Wildman–Crippen MR) is 86.7 cm³/mol. The minimum Gasteiger partial charge on any atom is -0.481 e. The van der Waals surface area contributed by atoms with E-state index in [2.05, 4.69) is 23.7 Å². The molecule has 6 heteroatoms. The summed E-state index contributed by atoms with van der Waals surface area (Å²) in [4.78, 5) is 24.1. The van der Waals surface area contributed by atoms with E-state index in [1.165, 1.54) is 0 Å². The number of rotatable bonds is 5. The minimum absolute atomic E-state index is 0.135. The van der Waals surface area contributed by atoms with Crippen LogP contribution in [0, 0.1) is 19.3 Å². The molecule has 1 fully saturated rings. The molecule has 0 bridgehead atoms. The highest BCUT2D eigenvalue weighted by Crippen LogP contribution is 2.30. The lowest BCUT2D eigenvalue weighted by atomic mass is 9.80. The number of nitrogens with one attached hydrogen (secondary N) is 1. The fourth-order valence-corrected chi connectivity index (χ4v) is 3.37. The van der Waals surface area contributed by atoms with Crippen LogP contribution in [0.1, 0.15) is 54.5 Å². The molecule has 2 heterocycles. The first-order valence-electron chi connectivity index (χ1n) is 8.06. The van der Waals surface area contributed by atoms with Crippen molar-refractivity contribution in [1.29, 1.82) is 0 Å². The number of aliphatic carboxylic acids is 1. The van der Waals surface area contributed by atoms with Crippen molar-refractivity contribution >= 4 is 11.9 Å². The van der Waals surface area contributed by atoms with Crippen molar-refractivity contribution in [3.05, 3.63) is 23.0 Å². The highest BCUT2D eigenvalue weighted by Gasteiger charge is 2.40. The number of aromatic nitrogens is 1. The van der Waals surface area contributed by atoms with Crippen LogP contribution in [-0.2, 0) is 9.53 Å². The number of hydrogen-bond acceptors (Lipinski definition) is 3. The van der Waals surface area contributed by atoms with E-state index in [4.69, 9.17) is 4.74 Å². The molecule has 0 aromatic carbocycles. The van der Waals surface area contributed by atoms with E-state index in [0.29, 0.717) is 31.6 Å². The molecule has 1 aromatic heterocycles. The molecule has 0 unspecified atom stereocenters. The van der Waals surface area contributed by atoms with Crippen molar-refractivity contribution in [2.75, 3.05) is 19.8 Å². The van der Waals surface area contributed by atoms with E-state index in [1.807, 2.05) is 19.9 Å². The highest BCUT2D eigenvalue weighted by atomic mass is 16.5. The molecule has 1 aliphatic rings. The third-order valence-electron chi connectivity index (χ3n) is 4.74. The number of ether oxygens (including phenoxy) is 1. The normalized spacial score (nSPS) is 17.3. The third-order valence-corrected chi connectivity index (χ3v) is 4.74. The summed E-state index contributed by atoms with van der Waals surface area (Å²) in [6, 6.07) is 2.14. The van der Waals surface area contributed by atoms with Gasteiger partial charge in [-0.05, 0) is 46.6 Å². The number of carbonyl (C=O) groups excluding carboxylic acids is 1. The molecule has 0 atom stereocenters. The van der Waals surface area contributed by atoms with Gasteiger partial charge in [0.05, 0.1) is 11.0 Å². The van der Waals surface area contributed by atoms with Crippen LogP contribution in [0.2, 0.25) is 0 Å². The number of carboxylic acid groups (broad SMARTS) is 1. The smallest absolute Gasteiger partial charge is 0.311 e. The van der Waals surface area contributed by atoms with Gasteiger partial charge < -0.3 is 19.7 Å². The van der Waals surface area contributed by atoms with Gasteiger partial charge in [0.25, 0.3) is 5.91 Å². The number of carboxylic acids is 1. The SMILES string of the molecule is Cc1cc(C(=O)NCC2(C(=O)O)CCOCC2)c(C)n1C(C)C. The molecule has 0 spiro atoms.